The molecule has 3 aromatic rings. The van der Waals surface area contributed by atoms with E-state index in [2.05, 4.69) is 5.32 Å². The number of halogens is 2. The zero-order chi connectivity index (χ0) is 28.0. The topological polar surface area (TPSA) is 96.0 Å². The number of likely N-dealkylation sites (N-methyl/N-ethyl adjacent to an activating group) is 1. The van der Waals surface area contributed by atoms with Gasteiger partial charge < -0.3 is 15.0 Å². The van der Waals surface area contributed by atoms with E-state index >= 15 is 0 Å². The maximum atomic E-state index is 13.8. The summed E-state index contributed by atoms with van der Waals surface area (Å²) in [5.41, 5.74) is 1.64. The second-order valence-corrected chi connectivity index (χ2v) is 11.2. The summed E-state index contributed by atoms with van der Waals surface area (Å²) in [6, 6.07) is 16.9. The van der Waals surface area contributed by atoms with Crippen molar-refractivity contribution >= 4 is 50.7 Å². The van der Waals surface area contributed by atoms with Crippen molar-refractivity contribution in [3.05, 3.63) is 87.9 Å². The van der Waals surface area contributed by atoms with Gasteiger partial charge in [0.1, 0.15) is 18.3 Å². The Labute approximate surface area is 233 Å². The van der Waals surface area contributed by atoms with Crippen molar-refractivity contribution in [2.75, 3.05) is 25.0 Å². The number of carbonyl (C=O) groups excluding carboxylic acids is 2. The van der Waals surface area contributed by atoms with Gasteiger partial charge in [0.2, 0.25) is 11.8 Å². The van der Waals surface area contributed by atoms with Crippen molar-refractivity contribution < 1.29 is 22.7 Å². The summed E-state index contributed by atoms with van der Waals surface area (Å²) in [7, 11) is -1.24. The minimum atomic E-state index is -4.25. The van der Waals surface area contributed by atoms with Gasteiger partial charge in [-0.3, -0.25) is 13.9 Å². The van der Waals surface area contributed by atoms with Crippen LogP contribution in [0.5, 0.6) is 5.75 Å². The lowest BCUT2D eigenvalue weighted by molar-refractivity contribution is -0.139. The molecule has 0 aliphatic carbocycles. The summed E-state index contributed by atoms with van der Waals surface area (Å²) in [5.74, 6) is -0.374. The number of carbonyl (C=O) groups is 2. The van der Waals surface area contributed by atoms with Crippen LogP contribution in [0.3, 0.4) is 0 Å². The second kappa shape index (κ2) is 12.5. The Morgan fingerprint density at radius 2 is 1.63 bits per heavy atom. The van der Waals surface area contributed by atoms with E-state index in [0.717, 1.165) is 15.4 Å². The number of amides is 2. The van der Waals surface area contributed by atoms with Crippen LogP contribution in [0.2, 0.25) is 10.0 Å². The molecule has 0 bridgehead atoms. The molecule has 0 radical (unpaired) electrons. The predicted molar refractivity (Wildman–Crippen MR) is 149 cm³/mol. The third-order valence-electron chi connectivity index (χ3n) is 6.01. The quantitative estimate of drug-likeness (QED) is 0.378. The van der Waals surface area contributed by atoms with Gasteiger partial charge in [0.15, 0.2) is 0 Å². The first-order valence-electron chi connectivity index (χ1n) is 11.7. The van der Waals surface area contributed by atoms with E-state index in [1.807, 2.05) is 6.92 Å². The zero-order valence-corrected chi connectivity index (χ0v) is 23.8. The number of sulfonamides is 1. The minimum absolute atomic E-state index is 0.0151. The monoisotopic (exact) mass is 577 g/mol. The fourth-order valence-electron chi connectivity index (χ4n) is 3.75. The molecule has 202 valence electrons. The first-order chi connectivity index (χ1) is 18.0. The van der Waals surface area contributed by atoms with E-state index < -0.39 is 34.4 Å². The number of rotatable bonds is 10. The molecule has 0 aromatic heterocycles. The average Bonchev–Trinajstić information content (AvgIpc) is 2.91. The van der Waals surface area contributed by atoms with E-state index in [0.29, 0.717) is 5.75 Å². The maximum absolute atomic E-state index is 13.8. The van der Waals surface area contributed by atoms with Gasteiger partial charge in [-0.05, 0) is 55.8 Å². The van der Waals surface area contributed by atoms with Gasteiger partial charge in [-0.15, -0.1) is 0 Å². The second-order valence-electron chi connectivity index (χ2n) is 8.56. The predicted octanol–water partition coefficient (Wildman–Crippen LogP) is 4.67. The lowest BCUT2D eigenvalue weighted by atomic mass is 10.1. The van der Waals surface area contributed by atoms with Gasteiger partial charge >= 0.3 is 0 Å². The number of nitrogens with zero attached hydrogens (tertiary/aromatic N) is 2. The Morgan fingerprint density at radius 1 is 1.00 bits per heavy atom. The highest BCUT2D eigenvalue weighted by atomic mass is 35.5. The van der Waals surface area contributed by atoms with Gasteiger partial charge in [-0.2, -0.15) is 0 Å². The Hall–Kier alpha value is -3.27. The first-order valence-corrected chi connectivity index (χ1v) is 13.9. The van der Waals surface area contributed by atoms with Crippen LogP contribution >= 0.6 is 23.2 Å². The molecule has 0 saturated heterocycles. The van der Waals surface area contributed by atoms with Crippen LogP contribution in [0, 0.1) is 6.92 Å². The summed E-state index contributed by atoms with van der Waals surface area (Å²) < 4.78 is 33.7. The summed E-state index contributed by atoms with van der Waals surface area (Å²) in [6.45, 7) is 2.85. The Morgan fingerprint density at radius 3 is 2.21 bits per heavy atom. The molecule has 3 aromatic carbocycles. The van der Waals surface area contributed by atoms with Gasteiger partial charge in [0.25, 0.3) is 10.0 Å². The van der Waals surface area contributed by atoms with Crippen LogP contribution in [0.1, 0.15) is 18.1 Å². The minimum Gasteiger partial charge on any atom is -0.497 e. The number of hydrogen-bond donors (Lipinski definition) is 1. The molecule has 0 heterocycles. The van der Waals surface area contributed by atoms with Crippen LogP contribution in [-0.2, 0) is 26.2 Å². The normalized spacial score (nSPS) is 11.9. The van der Waals surface area contributed by atoms with E-state index in [1.165, 1.54) is 36.2 Å². The molecule has 0 aliphatic rings. The number of nitrogens with one attached hydrogen (secondary N) is 1. The molecular formula is C27H29Cl2N3O5S. The Balaban J connectivity index is 2.06. The van der Waals surface area contributed by atoms with Crippen molar-refractivity contribution in [3.63, 3.8) is 0 Å². The molecule has 3 rings (SSSR count). The molecule has 8 nitrogen and oxygen atoms in total. The number of hydrogen-bond acceptors (Lipinski definition) is 5. The number of aryl methyl sites for hydroxylation is 1. The molecule has 1 N–H and O–H groups in total. The van der Waals surface area contributed by atoms with Gasteiger partial charge in [-0.1, -0.05) is 59.1 Å². The average molecular weight is 579 g/mol. The maximum Gasteiger partial charge on any atom is 0.264 e. The Bertz CT molecular complexity index is 1400. The van der Waals surface area contributed by atoms with Crippen molar-refractivity contribution in [2.45, 2.75) is 31.3 Å². The lowest BCUT2D eigenvalue weighted by Gasteiger charge is -2.32. The van der Waals surface area contributed by atoms with Gasteiger partial charge in [0.05, 0.1) is 27.7 Å². The number of methoxy groups -OCH3 is 1. The summed E-state index contributed by atoms with van der Waals surface area (Å²) >= 11 is 12.6. The third kappa shape index (κ3) is 6.59. The molecule has 0 spiro atoms. The fourth-order valence-corrected chi connectivity index (χ4v) is 5.63. The van der Waals surface area contributed by atoms with Crippen molar-refractivity contribution in [1.29, 1.82) is 0 Å². The molecular weight excluding hydrogens is 549 g/mol. The van der Waals surface area contributed by atoms with Crippen LogP contribution in [0.25, 0.3) is 0 Å². The Kier molecular flexibility index (Phi) is 9.65. The number of ether oxygens (including phenoxy) is 1. The smallest absolute Gasteiger partial charge is 0.264 e. The van der Waals surface area contributed by atoms with Crippen molar-refractivity contribution in [3.8, 4) is 5.75 Å². The van der Waals surface area contributed by atoms with E-state index in [-0.39, 0.29) is 27.2 Å². The zero-order valence-electron chi connectivity index (χ0n) is 21.4. The SMILES string of the molecule is CNC(=O)[C@H](C)N(Cc1ccc(OC)cc1)C(=O)CN(c1cccc(Cl)c1Cl)S(=O)(=O)c1ccc(C)cc1. The molecule has 38 heavy (non-hydrogen) atoms. The van der Waals surface area contributed by atoms with Crippen LogP contribution < -0.4 is 14.4 Å². The first kappa shape index (κ1) is 29.3. The standard InChI is InChI=1S/C27H29Cl2N3O5S/c1-18-8-14-22(15-9-18)38(35,36)32(24-7-5-6-23(28)26(24)29)17-25(33)31(19(2)27(34)30-3)16-20-10-12-21(37-4)13-11-20/h5-15,19H,16-17H2,1-4H3,(H,30,34)/t19-/m0/s1. The largest absolute Gasteiger partial charge is 0.497 e. The molecule has 2 amide bonds. The van der Waals surface area contributed by atoms with E-state index in [4.69, 9.17) is 27.9 Å². The molecule has 0 unspecified atom stereocenters. The highest BCUT2D eigenvalue weighted by Crippen LogP contribution is 2.35. The van der Waals surface area contributed by atoms with Crippen LogP contribution in [-0.4, -0.2) is 51.9 Å². The van der Waals surface area contributed by atoms with Crippen molar-refractivity contribution in [2.24, 2.45) is 0 Å². The van der Waals surface area contributed by atoms with Crippen molar-refractivity contribution in [1.82, 2.24) is 10.2 Å². The lowest BCUT2D eigenvalue weighted by Crippen LogP contribution is -2.50. The summed E-state index contributed by atoms with van der Waals surface area (Å²) in [5, 5.41) is 2.66. The number of anilines is 1. The molecule has 11 heteroatoms. The van der Waals surface area contributed by atoms with Crippen LogP contribution in [0.4, 0.5) is 5.69 Å². The van der Waals surface area contributed by atoms with Gasteiger partial charge in [-0.25, -0.2) is 8.42 Å². The third-order valence-corrected chi connectivity index (χ3v) is 8.60. The highest BCUT2D eigenvalue weighted by molar-refractivity contribution is 7.92. The fraction of sp³-hybridized carbons (Fsp3) is 0.259. The van der Waals surface area contributed by atoms with Crippen LogP contribution in [0.15, 0.2) is 71.6 Å². The van der Waals surface area contributed by atoms with Gasteiger partial charge in [0, 0.05) is 13.6 Å². The molecule has 1 atom stereocenters. The molecule has 0 saturated carbocycles. The molecule has 0 fully saturated rings. The summed E-state index contributed by atoms with van der Waals surface area (Å²) in [4.78, 5) is 27.6. The van der Waals surface area contributed by atoms with E-state index in [1.54, 1.807) is 56.5 Å². The number of benzene rings is 3. The van der Waals surface area contributed by atoms with E-state index in [9.17, 15) is 18.0 Å². The summed E-state index contributed by atoms with van der Waals surface area (Å²) in [6.07, 6.45) is 0. The highest BCUT2D eigenvalue weighted by Gasteiger charge is 2.33. The molecule has 0 aliphatic heterocycles.